The van der Waals surface area contributed by atoms with E-state index >= 15 is 0 Å². The number of carbonyl (C=O) groups excluding carboxylic acids is 2. The summed E-state index contributed by atoms with van der Waals surface area (Å²) in [7, 11) is 0. The number of ether oxygens (including phenoxy) is 1. The highest BCUT2D eigenvalue weighted by Gasteiger charge is 2.16. The minimum absolute atomic E-state index is 0.0842. The van der Waals surface area contributed by atoms with E-state index in [2.05, 4.69) is 10.9 Å². The van der Waals surface area contributed by atoms with Gasteiger partial charge in [-0.05, 0) is 43.3 Å². The Bertz CT molecular complexity index is 687. The van der Waals surface area contributed by atoms with Crippen LogP contribution in [0.25, 0.3) is 0 Å². The third-order valence-electron chi connectivity index (χ3n) is 2.71. The smallest absolute Gasteiger partial charge is 0.305 e. The molecule has 7 heteroatoms. The fraction of sp³-hybridized carbons (Fsp3) is 0.133. The van der Waals surface area contributed by atoms with Gasteiger partial charge in [-0.25, -0.2) is 0 Å². The van der Waals surface area contributed by atoms with E-state index in [0.717, 1.165) is 0 Å². The van der Waals surface area contributed by atoms with Crippen LogP contribution >= 0.6 is 0 Å². The summed E-state index contributed by atoms with van der Waals surface area (Å²) in [6.45, 7) is 1.53. The molecule has 2 rings (SSSR count). The average Bonchev–Trinajstić information content (AvgIpc) is 3.07. The Hall–Kier alpha value is -3.27. The molecule has 0 fully saturated rings. The van der Waals surface area contributed by atoms with E-state index in [1.165, 1.54) is 19.3 Å². The Labute approximate surface area is 126 Å². The highest BCUT2D eigenvalue weighted by atomic mass is 16.5. The fourth-order valence-electron chi connectivity index (χ4n) is 1.56. The first-order valence-electron chi connectivity index (χ1n) is 6.40. The maximum Gasteiger partial charge on any atom is 0.305 e. The lowest BCUT2D eigenvalue weighted by Crippen LogP contribution is -2.47. The van der Waals surface area contributed by atoms with Crippen molar-refractivity contribution in [1.82, 2.24) is 10.9 Å². The topological polar surface area (TPSA) is 104 Å². The van der Waals surface area contributed by atoms with E-state index in [-0.39, 0.29) is 5.76 Å². The van der Waals surface area contributed by atoms with Gasteiger partial charge in [0.15, 0.2) is 11.9 Å². The van der Waals surface area contributed by atoms with Gasteiger partial charge < -0.3 is 9.15 Å². The van der Waals surface area contributed by atoms with E-state index in [9.17, 15) is 9.59 Å². The molecule has 0 unspecified atom stereocenters. The van der Waals surface area contributed by atoms with Crippen LogP contribution in [0.5, 0.6) is 5.75 Å². The van der Waals surface area contributed by atoms with E-state index in [1.54, 1.807) is 30.3 Å². The Morgan fingerprint density at radius 3 is 2.55 bits per heavy atom. The monoisotopic (exact) mass is 299 g/mol. The predicted molar refractivity (Wildman–Crippen MR) is 75.6 cm³/mol. The van der Waals surface area contributed by atoms with Crippen LogP contribution in [0, 0.1) is 11.3 Å². The lowest BCUT2D eigenvalue weighted by atomic mass is 10.2. The molecule has 1 heterocycles. The van der Waals surface area contributed by atoms with Crippen molar-refractivity contribution in [2.24, 2.45) is 0 Å². The number of nitrogens with zero attached hydrogens (tertiary/aromatic N) is 1. The lowest BCUT2D eigenvalue weighted by Gasteiger charge is -2.14. The van der Waals surface area contributed by atoms with Crippen molar-refractivity contribution in [2.45, 2.75) is 13.0 Å². The molecule has 1 atom stereocenters. The summed E-state index contributed by atoms with van der Waals surface area (Å²) >= 11 is 0. The van der Waals surface area contributed by atoms with E-state index < -0.39 is 17.9 Å². The van der Waals surface area contributed by atoms with Crippen LogP contribution < -0.4 is 15.6 Å². The molecule has 0 aliphatic heterocycles. The zero-order valence-corrected chi connectivity index (χ0v) is 11.7. The summed E-state index contributed by atoms with van der Waals surface area (Å²) in [5.41, 5.74) is 4.95. The van der Waals surface area contributed by atoms with E-state index in [1.807, 2.05) is 6.07 Å². The fourth-order valence-corrected chi connectivity index (χ4v) is 1.56. The van der Waals surface area contributed by atoms with Crippen LogP contribution in [-0.4, -0.2) is 17.9 Å². The molecule has 1 aromatic heterocycles. The van der Waals surface area contributed by atoms with Gasteiger partial charge in [0.1, 0.15) is 5.75 Å². The van der Waals surface area contributed by atoms with Crippen molar-refractivity contribution >= 4 is 11.8 Å². The van der Waals surface area contributed by atoms with E-state index in [0.29, 0.717) is 11.3 Å². The molecule has 0 spiro atoms. The second-order valence-electron chi connectivity index (χ2n) is 4.32. The number of hydrogen-bond donors (Lipinski definition) is 2. The zero-order chi connectivity index (χ0) is 15.9. The number of carbonyl (C=O) groups is 2. The summed E-state index contributed by atoms with van der Waals surface area (Å²) in [6, 6.07) is 11.4. The summed E-state index contributed by atoms with van der Waals surface area (Å²) in [6.07, 6.45) is 0.526. The van der Waals surface area contributed by atoms with Gasteiger partial charge in [-0.15, -0.1) is 0 Å². The van der Waals surface area contributed by atoms with Gasteiger partial charge in [0.2, 0.25) is 0 Å². The SMILES string of the molecule is C[C@H](Oc1ccc(C#N)cc1)C(=O)NNC(=O)c1ccco1. The Morgan fingerprint density at radius 2 is 1.95 bits per heavy atom. The van der Waals surface area contributed by atoms with E-state index in [4.69, 9.17) is 14.4 Å². The molecule has 7 nitrogen and oxygen atoms in total. The minimum Gasteiger partial charge on any atom is -0.481 e. The number of nitriles is 1. The van der Waals surface area contributed by atoms with Gasteiger partial charge in [0.05, 0.1) is 17.9 Å². The van der Waals surface area contributed by atoms with Crippen LogP contribution in [-0.2, 0) is 4.79 Å². The summed E-state index contributed by atoms with van der Waals surface area (Å²) in [4.78, 5) is 23.4. The second-order valence-corrected chi connectivity index (χ2v) is 4.32. The molecule has 0 saturated heterocycles. The maximum absolute atomic E-state index is 11.8. The standard InChI is InChI=1S/C15H13N3O4/c1-10(22-12-6-4-11(9-16)5-7-12)14(19)17-18-15(20)13-3-2-8-21-13/h2-8,10H,1H3,(H,17,19)(H,18,20)/t10-/m0/s1. The van der Waals surface area contributed by atoms with Gasteiger partial charge in [0.25, 0.3) is 5.91 Å². The largest absolute Gasteiger partial charge is 0.481 e. The third kappa shape index (κ3) is 3.86. The lowest BCUT2D eigenvalue weighted by molar-refractivity contribution is -0.128. The first-order chi connectivity index (χ1) is 10.6. The predicted octanol–water partition coefficient (Wildman–Crippen LogP) is 1.38. The first-order valence-corrected chi connectivity index (χ1v) is 6.40. The Balaban J connectivity index is 1.84. The maximum atomic E-state index is 11.8. The second kappa shape index (κ2) is 6.95. The number of rotatable bonds is 4. The van der Waals surface area contributed by atoms with Crippen LogP contribution in [0.15, 0.2) is 47.1 Å². The molecular weight excluding hydrogens is 286 g/mol. The minimum atomic E-state index is -0.829. The van der Waals surface area contributed by atoms with Gasteiger partial charge in [-0.1, -0.05) is 0 Å². The third-order valence-corrected chi connectivity index (χ3v) is 2.71. The summed E-state index contributed by atoms with van der Waals surface area (Å²) in [5, 5.41) is 8.70. The first kappa shape index (κ1) is 15.1. The van der Waals surface area contributed by atoms with Crippen LogP contribution in [0.1, 0.15) is 23.0 Å². The highest BCUT2D eigenvalue weighted by molar-refractivity contribution is 5.93. The number of benzene rings is 1. The van der Waals surface area contributed by atoms with Crippen LogP contribution in [0.4, 0.5) is 0 Å². The number of amides is 2. The molecule has 2 aromatic rings. The number of hydrogen-bond acceptors (Lipinski definition) is 5. The van der Waals surface area contributed by atoms with Gasteiger partial charge in [-0.3, -0.25) is 20.4 Å². The van der Waals surface area contributed by atoms with Crippen molar-refractivity contribution in [2.75, 3.05) is 0 Å². The molecular formula is C15H13N3O4. The Kier molecular flexibility index (Phi) is 4.78. The van der Waals surface area contributed by atoms with Crippen LogP contribution in [0.3, 0.4) is 0 Å². The normalized spacial score (nSPS) is 11.1. The van der Waals surface area contributed by atoms with Gasteiger partial charge >= 0.3 is 5.91 Å². The molecule has 22 heavy (non-hydrogen) atoms. The summed E-state index contributed by atoms with van der Waals surface area (Å²) < 4.78 is 10.3. The van der Waals surface area contributed by atoms with Crippen molar-refractivity contribution in [3.8, 4) is 11.8 Å². The van der Waals surface area contributed by atoms with Crippen molar-refractivity contribution in [3.63, 3.8) is 0 Å². The zero-order valence-electron chi connectivity index (χ0n) is 11.7. The van der Waals surface area contributed by atoms with Crippen molar-refractivity contribution in [3.05, 3.63) is 54.0 Å². The molecule has 112 valence electrons. The molecule has 0 radical (unpaired) electrons. The average molecular weight is 299 g/mol. The Morgan fingerprint density at radius 1 is 1.23 bits per heavy atom. The molecule has 1 aromatic carbocycles. The molecule has 0 aliphatic rings. The highest BCUT2D eigenvalue weighted by Crippen LogP contribution is 2.13. The van der Waals surface area contributed by atoms with Crippen molar-refractivity contribution in [1.29, 1.82) is 5.26 Å². The number of hydrazine groups is 1. The molecule has 0 saturated carbocycles. The number of furan rings is 1. The van der Waals surface area contributed by atoms with Crippen molar-refractivity contribution < 1.29 is 18.7 Å². The quantitative estimate of drug-likeness (QED) is 0.830. The van der Waals surface area contributed by atoms with Crippen LogP contribution in [0.2, 0.25) is 0 Å². The molecule has 2 N–H and O–H groups in total. The molecule has 2 amide bonds. The van der Waals surface area contributed by atoms with Gasteiger partial charge in [0, 0.05) is 0 Å². The van der Waals surface area contributed by atoms with Gasteiger partial charge in [-0.2, -0.15) is 5.26 Å². The summed E-state index contributed by atoms with van der Waals surface area (Å²) in [5.74, 6) is -0.562. The molecule has 0 aliphatic carbocycles. The number of nitrogens with one attached hydrogen (secondary N) is 2. The molecule has 0 bridgehead atoms.